The maximum atomic E-state index is 13.1. The average molecular weight is 416 g/mol. The molecule has 2 heterocycles. The van der Waals surface area contributed by atoms with Gasteiger partial charge in [-0.1, -0.05) is 25.1 Å². The van der Waals surface area contributed by atoms with E-state index < -0.39 is 10.0 Å². The van der Waals surface area contributed by atoms with Gasteiger partial charge in [0.05, 0.1) is 10.8 Å². The van der Waals surface area contributed by atoms with Gasteiger partial charge in [0.25, 0.3) is 0 Å². The topological polar surface area (TPSA) is 83.7 Å². The molecular weight excluding hydrogens is 386 g/mol. The SMILES string of the molecule is CC1CCN(C(=O)C2CCCN(S(=O)(=O)c3ccccc3)C2)C(CN)C1.Cl. The fourth-order valence-electron chi connectivity index (χ4n) is 4.10. The first-order valence-electron chi connectivity index (χ1n) is 9.49. The van der Waals surface area contributed by atoms with Gasteiger partial charge >= 0.3 is 0 Å². The number of hydrogen-bond acceptors (Lipinski definition) is 4. The highest BCUT2D eigenvalue weighted by Gasteiger charge is 2.37. The molecule has 3 atom stereocenters. The van der Waals surface area contributed by atoms with Crippen molar-refractivity contribution >= 4 is 28.3 Å². The van der Waals surface area contributed by atoms with E-state index in [1.807, 2.05) is 4.90 Å². The van der Waals surface area contributed by atoms with E-state index in [4.69, 9.17) is 5.73 Å². The normalized spacial score (nSPS) is 27.0. The molecule has 0 spiro atoms. The molecule has 2 N–H and O–H groups in total. The molecule has 3 rings (SSSR count). The molecule has 1 aromatic rings. The third kappa shape index (κ3) is 4.83. The molecule has 152 valence electrons. The van der Waals surface area contributed by atoms with E-state index in [2.05, 4.69) is 6.92 Å². The standard InChI is InChI=1S/C19H29N3O3S.ClH/c1-15-9-11-22(17(12-15)13-20)19(23)16-6-5-10-21(14-16)26(24,25)18-7-3-2-4-8-18;/h2-4,7-8,15-17H,5-6,9-14,20H2,1H3;1H. The summed E-state index contributed by atoms with van der Waals surface area (Å²) in [4.78, 5) is 15.3. The van der Waals surface area contributed by atoms with Crippen LogP contribution in [-0.2, 0) is 14.8 Å². The molecule has 3 unspecified atom stereocenters. The average Bonchev–Trinajstić information content (AvgIpc) is 2.68. The Morgan fingerprint density at radius 3 is 2.56 bits per heavy atom. The number of nitrogens with zero attached hydrogens (tertiary/aromatic N) is 2. The van der Waals surface area contributed by atoms with E-state index in [0.29, 0.717) is 30.3 Å². The fraction of sp³-hybridized carbons (Fsp3) is 0.632. The molecule has 1 amide bonds. The Hall–Kier alpha value is -1.15. The molecule has 0 aliphatic carbocycles. The van der Waals surface area contributed by atoms with Gasteiger partial charge in [-0.3, -0.25) is 4.79 Å². The molecule has 2 fully saturated rings. The number of carbonyl (C=O) groups excluding carboxylic acids is 1. The summed E-state index contributed by atoms with van der Waals surface area (Å²) < 4.78 is 27.2. The number of piperidine rings is 2. The van der Waals surface area contributed by atoms with Crippen LogP contribution in [0.2, 0.25) is 0 Å². The van der Waals surface area contributed by atoms with Crippen LogP contribution >= 0.6 is 12.4 Å². The van der Waals surface area contributed by atoms with Crippen molar-refractivity contribution in [3.8, 4) is 0 Å². The second kappa shape index (κ2) is 9.37. The van der Waals surface area contributed by atoms with Gasteiger partial charge in [-0.15, -0.1) is 12.4 Å². The van der Waals surface area contributed by atoms with Gasteiger partial charge in [0, 0.05) is 32.2 Å². The lowest BCUT2D eigenvalue weighted by Gasteiger charge is -2.41. The number of rotatable bonds is 4. The van der Waals surface area contributed by atoms with Gasteiger partial charge in [0.2, 0.25) is 15.9 Å². The number of sulfonamides is 1. The Morgan fingerprint density at radius 1 is 1.19 bits per heavy atom. The van der Waals surface area contributed by atoms with Gasteiger partial charge in [0.1, 0.15) is 0 Å². The molecule has 2 aliphatic rings. The van der Waals surface area contributed by atoms with Crippen molar-refractivity contribution in [3.63, 3.8) is 0 Å². The van der Waals surface area contributed by atoms with E-state index in [-0.39, 0.29) is 36.8 Å². The molecule has 0 aromatic heterocycles. The maximum Gasteiger partial charge on any atom is 0.243 e. The van der Waals surface area contributed by atoms with Crippen molar-refractivity contribution in [3.05, 3.63) is 30.3 Å². The molecule has 8 heteroatoms. The highest BCUT2D eigenvalue weighted by atomic mass is 35.5. The largest absolute Gasteiger partial charge is 0.338 e. The quantitative estimate of drug-likeness (QED) is 0.816. The number of likely N-dealkylation sites (tertiary alicyclic amines) is 1. The Balaban J connectivity index is 0.00000261. The Labute approximate surface area is 168 Å². The minimum absolute atomic E-state index is 0. The number of halogens is 1. The van der Waals surface area contributed by atoms with E-state index in [9.17, 15) is 13.2 Å². The first-order chi connectivity index (χ1) is 12.4. The highest BCUT2D eigenvalue weighted by Crippen LogP contribution is 2.28. The van der Waals surface area contributed by atoms with Gasteiger partial charge in [0.15, 0.2) is 0 Å². The molecule has 2 aliphatic heterocycles. The zero-order chi connectivity index (χ0) is 18.7. The molecule has 0 saturated carbocycles. The van der Waals surface area contributed by atoms with E-state index >= 15 is 0 Å². The second-order valence-electron chi connectivity index (χ2n) is 7.57. The van der Waals surface area contributed by atoms with Gasteiger partial charge in [-0.2, -0.15) is 4.31 Å². The molecule has 27 heavy (non-hydrogen) atoms. The van der Waals surface area contributed by atoms with Gasteiger partial charge in [-0.05, 0) is 43.7 Å². The van der Waals surface area contributed by atoms with Crippen LogP contribution < -0.4 is 5.73 Å². The molecule has 2 saturated heterocycles. The van der Waals surface area contributed by atoms with E-state index in [0.717, 1.165) is 25.8 Å². The number of hydrogen-bond donors (Lipinski definition) is 1. The highest BCUT2D eigenvalue weighted by molar-refractivity contribution is 7.89. The van der Waals surface area contributed by atoms with Crippen molar-refractivity contribution in [2.45, 2.75) is 43.5 Å². The lowest BCUT2D eigenvalue weighted by atomic mass is 9.90. The predicted molar refractivity (Wildman–Crippen MR) is 108 cm³/mol. The lowest BCUT2D eigenvalue weighted by Crippen LogP contribution is -2.54. The number of benzene rings is 1. The maximum absolute atomic E-state index is 13.1. The number of amides is 1. The summed E-state index contributed by atoms with van der Waals surface area (Å²) in [6.45, 7) is 4.12. The summed E-state index contributed by atoms with van der Waals surface area (Å²) in [6, 6.07) is 8.54. The van der Waals surface area contributed by atoms with Crippen molar-refractivity contribution in [2.75, 3.05) is 26.2 Å². The molecule has 0 bridgehead atoms. The summed E-state index contributed by atoms with van der Waals surface area (Å²) in [5, 5.41) is 0. The second-order valence-corrected chi connectivity index (χ2v) is 9.50. The van der Waals surface area contributed by atoms with E-state index in [1.165, 1.54) is 4.31 Å². The molecule has 1 aromatic carbocycles. The third-order valence-corrected chi connectivity index (χ3v) is 7.53. The van der Waals surface area contributed by atoms with Crippen LogP contribution in [-0.4, -0.2) is 55.8 Å². The minimum Gasteiger partial charge on any atom is -0.338 e. The molecular formula is C19H30ClN3O3S. The fourth-order valence-corrected chi connectivity index (χ4v) is 5.65. The minimum atomic E-state index is -3.55. The summed E-state index contributed by atoms with van der Waals surface area (Å²) >= 11 is 0. The first-order valence-corrected chi connectivity index (χ1v) is 10.9. The van der Waals surface area contributed by atoms with Gasteiger partial charge < -0.3 is 10.6 Å². The monoisotopic (exact) mass is 415 g/mol. The van der Waals surface area contributed by atoms with Crippen molar-refractivity contribution in [2.24, 2.45) is 17.6 Å². The smallest absolute Gasteiger partial charge is 0.243 e. The summed E-state index contributed by atoms with van der Waals surface area (Å²) in [5.41, 5.74) is 5.90. The summed E-state index contributed by atoms with van der Waals surface area (Å²) in [7, 11) is -3.55. The van der Waals surface area contributed by atoms with Crippen LogP contribution in [0.1, 0.15) is 32.6 Å². The van der Waals surface area contributed by atoms with Crippen molar-refractivity contribution < 1.29 is 13.2 Å². The van der Waals surface area contributed by atoms with E-state index in [1.54, 1.807) is 30.3 Å². The van der Waals surface area contributed by atoms with Crippen LogP contribution in [0.5, 0.6) is 0 Å². The Morgan fingerprint density at radius 2 is 1.89 bits per heavy atom. The zero-order valence-electron chi connectivity index (χ0n) is 15.8. The third-order valence-electron chi connectivity index (χ3n) is 5.65. The van der Waals surface area contributed by atoms with Crippen LogP contribution in [0.25, 0.3) is 0 Å². The van der Waals surface area contributed by atoms with Crippen molar-refractivity contribution in [1.82, 2.24) is 9.21 Å². The Bertz CT molecular complexity index is 729. The number of nitrogens with two attached hydrogens (primary N) is 1. The van der Waals surface area contributed by atoms with Crippen molar-refractivity contribution in [1.29, 1.82) is 0 Å². The predicted octanol–water partition coefficient (Wildman–Crippen LogP) is 2.09. The van der Waals surface area contributed by atoms with Crippen LogP contribution in [0, 0.1) is 11.8 Å². The van der Waals surface area contributed by atoms with Gasteiger partial charge in [-0.25, -0.2) is 8.42 Å². The van der Waals surface area contributed by atoms with Crippen LogP contribution in [0.15, 0.2) is 35.2 Å². The molecule has 6 nitrogen and oxygen atoms in total. The zero-order valence-corrected chi connectivity index (χ0v) is 17.4. The van der Waals surface area contributed by atoms with Crippen LogP contribution in [0.4, 0.5) is 0 Å². The summed E-state index contributed by atoms with van der Waals surface area (Å²) in [6.07, 6.45) is 3.37. The number of carbonyl (C=O) groups is 1. The lowest BCUT2D eigenvalue weighted by molar-refractivity contribution is -0.140. The Kier molecular flexibility index (Phi) is 7.68. The summed E-state index contributed by atoms with van der Waals surface area (Å²) in [5.74, 6) is 0.374. The molecule has 0 radical (unpaired) electrons. The van der Waals surface area contributed by atoms with Crippen LogP contribution in [0.3, 0.4) is 0 Å². The first kappa shape index (κ1) is 22.1.